The molecule has 5 nitrogen and oxygen atoms in total. The minimum Gasteiger partial charge on any atom is -0.497 e. The van der Waals surface area contributed by atoms with Crippen molar-refractivity contribution >= 4 is 44.9 Å². The number of fused-ring (bicyclic) bond motifs is 1. The first-order chi connectivity index (χ1) is 15.1. The fourth-order valence-electron chi connectivity index (χ4n) is 2.79. The van der Waals surface area contributed by atoms with Crippen LogP contribution in [0.1, 0.15) is 11.1 Å². The van der Waals surface area contributed by atoms with E-state index in [-0.39, 0.29) is 11.7 Å². The first kappa shape index (κ1) is 20.4. The highest BCUT2D eigenvalue weighted by molar-refractivity contribution is 7.22. The zero-order valence-electron chi connectivity index (χ0n) is 16.6. The van der Waals surface area contributed by atoms with Crippen LogP contribution in [0, 0.1) is 5.82 Å². The van der Waals surface area contributed by atoms with Gasteiger partial charge in [0.2, 0.25) is 5.13 Å². The van der Waals surface area contributed by atoms with Crippen LogP contribution in [0.5, 0.6) is 5.75 Å². The highest BCUT2D eigenvalue weighted by Crippen LogP contribution is 2.32. The molecule has 7 heteroatoms. The molecule has 0 spiro atoms. The van der Waals surface area contributed by atoms with E-state index in [1.807, 2.05) is 48.5 Å². The van der Waals surface area contributed by atoms with Crippen LogP contribution < -0.4 is 9.75 Å². The topological polar surface area (TPSA) is 54.8 Å². The first-order valence-corrected chi connectivity index (χ1v) is 10.3. The van der Waals surface area contributed by atoms with Gasteiger partial charge in [-0.25, -0.2) is 9.37 Å². The Morgan fingerprint density at radius 3 is 2.58 bits per heavy atom. The van der Waals surface area contributed by atoms with Gasteiger partial charge in [-0.1, -0.05) is 53.8 Å². The molecule has 31 heavy (non-hydrogen) atoms. The third kappa shape index (κ3) is 5.02. The summed E-state index contributed by atoms with van der Waals surface area (Å²) in [6, 6.07) is 20.9. The number of amides is 1. The van der Waals surface area contributed by atoms with Gasteiger partial charge >= 0.3 is 0 Å². The number of benzene rings is 3. The second-order valence-electron chi connectivity index (χ2n) is 6.52. The number of aromatic nitrogens is 1. The minimum atomic E-state index is -0.353. The molecular formula is C24H18FN3O2S. The van der Waals surface area contributed by atoms with E-state index in [2.05, 4.69) is 10.1 Å². The van der Waals surface area contributed by atoms with E-state index in [1.165, 1.54) is 40.8 Å². The van der Waals surface area contributed by atoms with E-state index >= 15 is 0 Å². The van der Waals surface area contributed by atoms with Gasteiger partial charge in [0.1, 0.15) is 11.6 Å². The summed E-state index contributed by atoms with van der Waals surface area (Å²) in [5.74, 6) is 0.0172. The van der Waals surface area contributed by atoms with Crippen LogP contribution in [0.25, 0.3) is 16.3 Å². The van der Waals surface area contributed by atoms with E-state index in [0.717, 1.165) is 15.8 Å². The van der Waals surface area contributed by atoms with Crippen molar-refractivity contribution in [3.63, 3.8) is 0 Å². The SMILES string of the molecule is COc1ccc2nc(N(/N=C/c3ccc(F)cc3)C(=O)/C=C/c3ccccc3)sc2c1. The van der Waals surface area contributed by atoms with E-state index in [0.29, 0.717) is 16.4 Å². The molecule has 4 aromatic rings. The maximum Gasteiger partial charge on any atom is 0.273 e. The summed E-state index contributed by atoms with van der Waals surface area (Å²) in [6.07, 6.45) is 4.67. The summed E-state index contributed by atoms with van der Waals surface area (Å²) in [4.78, 5) is 17.6. The number of anilines is 1. The molecule has 0 bridgehead atoms. The third-order valence-electron chi connectivity index (χ3n) is 4.38. The fraction of sp³-hybridized carbons (Fsp3) is 0.0417. The van der Waals surface area contributed by atoms with Crippen molar-refractivity contribution in [2.45, 2.75) is 0 Å². The number of nitrogens with zero attached hydrogens (tertiary/aromatic N) is 3. The summed E-state index contributed by atoms with van der Waals surface area (Å²) in [5.41, 5.74) is 2.30. The lowest BCUT2D eigenvalue weighted by atomic mass is 10.2. The molecule has 0 unspecified atom stereocenters. The Balaban J connectivity index is 1.68. The van der Waals surface area contributed by atoms with Gasteiger partial charge in [-0.15, -0.1) is 0 Å². The summed E-state index contributed by atoms with van der Waals surface area (Å²) in [5, 5.41) is 6.00. The molecule has 1 aromatic heterocycles. The fourth-order valence-corrected chi connectivity index (χ4v) is 3.74. The van der Waals surface area contributed by atoms with Crippen molar-refractivity contribution in [3.8, 4) is 5.75 Å². The molecule has 0 fully saturated rings. The maximum absolute atomic E-state index is 13.2. The Morgan fingerprint density at radius 1 is 1.06 bits per heavy atom. The van der Waals surface area contributed by atoms with Crippen molar-refractivity contribution in [2.24, 2.45) is 5.10 Å². The molecule has 0 saturated heterocycles. The lowest BCUT2D eigenvalue weighted by Gasteiger charge is -2.11. The van der Waals surface area contributed by atoms with Gasteiger partial charge in [-0.05, 0) is 47.5 Å². The highest BCUT2D eigenvalue weighted by Gasteiger charge is 2.17. The Bertz CT molecular complexity index is 1250. The summed E-state index contributed by atoms with van der Waals surface area (Å²) in [7, 11) is 1.60. The quantitative estimate of drug-likeness (QED) is 0.229. The Morgan fingerprint density at radius 2 is 1.84 bits per heavy atom. The lowest BCUT2D eigenvalue weighted by molar-refractivity contribution is -0.114. The molecule has 3 aromatic carbocycles. The molecule has 0 aliphatic carbocycles. The normalized spacial score (nSPS) is 11.4. The third-order valence-corrected chi connectivity index (χ3v) is 5.38. The highest BCUT2D eigenvalue weighted by atomic mass is 32.1. The van der Waals surface area contributed by atoms with Crippen molar-refractivity contribution in [3.05, 3.63) is 95.8 Å². The van der Waals surface area contributed by atoms with Crippen LogP contribution in [0.3, 0.4) is 0 Å². The number of thiazole rings is 1. The molecule has 0 aliphatic rings. The molecule has 0 saturated carbocycles. The van der Waals surface area contributed by atoms with Crippen LogP contribution in [0.4, 0.5) is 9.52 Å². The predicted molar refractivity (Wildman–Crippen MR) is 123 cm³/mol. The number of rotatable bonds is 6. The van der Waals surface area contributed by atoms with Gasteiger partial charge in [0.15, 0.2) is 0 Å². The van der Waals surface area contributed by atoms with Crippen molar-refractivity contribution in [2.75, 3.05) is 12.1 Å². The number of methoxy groups -OCH3 is 1. The van der Waals surface area contributed by atoms with Crippen LogP contribution in [0.15, 0.2) is 84.0 Å². The van der Waals surface area contributed by atoms with Crippen molar-refractivity contribution in [1.29, 1.82) is 0 Å². The number of ether oxygens (including phenoxy) is 1. The Hall–Kier alpha value is -3.84. The van der Waals surface area contributed by atoms with Gasteiger partial charge in [0.05, 0.1) is 23.5 Å². The molecule has 0 aliphatic heterocycles. The Kier molecular flexibility index (Phi) is 6.14. The number of hydrogen-bond donors (Lipinski definition) is 0. The van der Waals surface area contributed by atoms with Crippen LogP contribution in [-0.2, 0) is 4.79 Å². The van der Waals surface area contributed by atoms with Gasteiger partial charge in [0.25, 0.3) is 5.91 Å². The number of hydrazone groups is 1. The van der Waals surface area contributed by atoms with Gasteiger partial charge in [-0.3, -0.25) is 4.79 Å². The molecule has 1 amide bonds. The van der Waals surface area contributed by atoms with Gasteiger partial charge < -0.3 is 4.74 Å². The van der Waals surface area contributed by atoms with Gasteiger partial charge in [-0.2, -0.15) is 10.1 Å². The van der Waals surface area contributed by atoms with E-state index in [4.69, 9.17) is 4.74 Å². The van der Waals surface area contributed by atoms with Crippen molar-refractivity contribution in [1.82, 2.24) is 4.98 Å². The summed E-state index contributed by atoms with van der Waals surface area (Å²) >= 11 is 1.33. The molecule has 0 N–H and O–H groups in total. The zero-order valence-corrected chi connectivity index (χ0v) is 17.4. The van der Waals surface area contributed by atoms with Crippen molar-refractivity contribution < 1.29 is 13.9 Å². The van der Waals surface area contributed by atoms with Crippen LogP contribution in [-0.4, -0.2) is 24.2 Å². The van der Waals surface area contributed by atoms with E-state index in [1.54, 1.807) is 25.3 Å². The average molecular weight is 431 g/mol. The predicted octanol–water partition coefficient (Wildman–Crippen LogP) is 5.52. The number of halogens is 1. The monoisotopic (exact) mass is 431 g/mol. The zero-order chi connectivity index (χ0) is 21.6. The van der Waals surface area contributed by atoms with Crippen LogP contribution >= 0.6 is 11.3 Å². The average Bonchev–Trinajstić information content (AvgIpc) is 3.22. The smallest absolute Gasteiger partial charge is 0.273 e. The molecule has 154 valence electrons. The molecule has 0 radical (unpaired) electrons. The molecular weight excluding hydrogens is 413 g/mol. The standard InChI is InChI=1S/C24H18FN3O2S/c1-30-20-12-13-21-22(15-20)31-24(27-21)28(26-16-18-7-10-19(25)11-8-18)23(29)14-9-17-5-3-2-4-6-17/h2-16H,1H3/b14-9+,26-16+. The summed E-state index contributed by atoms with van der Waals surface area (Å²) < 4.78 is 19.3. The summed E-state index contributed by atoms with van der Waals surface area (Å²) in [6.45, 7) is 0. The van der Waals surface area contributed by atoms with E-state index in [9.17, 15) is 9.18 Å². The largest absolute Gasteiger partial charge is 0.497 e. The lowest BCUT2D eigenvalue weighted by Crippen LogP contribution is -2.23. The first-order valence-electron chi connectivity index (χ1n) is 9.44. The minimum absolute atomic E-state index is 0.337. The Labute approximate surface area is 182 Å². The second kappa shape index (κ2) is 9.32. The number of carbonyl (C=O) groups is 1. The number of carbonyl (C=O) groups excluding carboxylic acids is 1. The maximum atomic E-state index is 13.2. The van der Waals surface area contributed by atoms with Crippen LogP contribution in [0.2, 0.25) is 0 Å². The second-order valence-corrected chi connectivity index (χ2v) is 7.53. The van der Waals surface area contributed by atoms with Gasteiger partial charge in [0, 0.05) is 6.08 Å². The molecule has 0 atom stereocenters. The molecule has 1 heterocycles. The molecule has 4 rings (SSSR count). The van der Waals surface area contributed by atoms with E-state index < -0.39 is 0 Å². The number of hydrogen-bond acceptors (Lipinski definition) is 5.